The first kappa shape index (κ1) is 23.5. The predicted octanol–water partition coefficient (Wildman–Crippen LogP) is 3.11. The molecule has 0 saturated carbocycles. The number of hydrogen-bond acceptors (Lipinski definition) is 7. The zero-order valence-electron chi connectivity index (χ0n) is 19.6. The van der Waals surface area contributed by atoms with Gasteiger partial charge in [-0.3, -0.25) is 9.10 Å². The van der Waals surface area contributed by atoms with Crippen LogP contribution in [0.3, 0.4) is 0 Å². The molecule has 10 nitrogen and oxygen atoms in total. The van der Waals surface area contributed by atoms with Crippen molar-refractivity contribution in [2.24, 2.45) is 0 Å². The fourth-order valence-electron chi connectivity index (χ4n) is 4.34. The van der Waals surface area contributed by atoms with Crippen LogP contribution in [0.25, 0.3) is 16.7 Å². The first-order chi connectivity index (χ1) is 17.2. The number of benzene rings is 2. The summed E-state index contributed by atoms with van der Waals surface area (Å²) in [5.74, 6) is -1.12. The number of carbonyl (C=O) groups is 1. The van der Waals surface area contributed by atoms with Crippen molar-refractivity contribution in [3.05, 3.63) is 81.8 Å². The van der Waals surface area contributed by atoms with Crippen LogP contribution in [-0.2, 0) is 22.9 Å². The third-order valence-electron chi connectivity index (χ3n) is 6.19. The standard InChI is InChI=1S/C25H23N5O5S/c1-3-15-4-7-18(8-5-15)29-14-20(24(32)33)22(31)19-13-26-25(28-23(19)29)27-17-6-9-21-16(12-17)10-11-30(21)36(2,34)35/h4-9,12-14H,3,10-11H2,1-2H3,(H,32,33)(H,26,27,28). The lowest BCUT2D eigenvalue weighted by Crippen LogP contribution is -2.27. The topological polar surface area (TPSA) is 134 Å². The molecule has 2 aromatic carbocycles. The maximum Gasteiger partial charge on any atom is 0.341 e. The molecule has 184 valence electrons. The summed E-state index contributed by atoms with van der Waals surface area (Å²) in [5.41, 5.74) is 3.18. The molecule has 0 fully saturated rings. The first-order valence-electron chi connectivity index (χ1n) is 11.3. The number of nitrogens with one attached hydrogen (secondary N) is 1. The van der Waals surface area contributed by atoms with Crippen LogP contribution in [0, 0.1) is 0 Å². The molecular weight excluding hydrogens is 482 g/mol. The molecule has 0 spiro atoms. The Morgan fingerprint density at radius 2 is 1.92 bits per heavy atom. The summed E-state index contributed by atoms with van der Waals surface area (Å²) in [5, 5.41) is 12.8. The highest BCUT2D eigenvalue weighted by Gasteiger charge is 2.26. The van der Waals surface area contributed by atoms with Crippen LogP contribution in [0.15, 0.2) is 59.7 Å². The van der Waals surface area contributed by atoms with Gasteiger partial charge in [0.15, 0.2) is 5.65 Å². The zero-order valence-corrected chi connectivity index (χ0v) is 20.4. The second-order valence-corrected chi connectivity index (χ2v) is 10.5. The highest BCUT2D eigenvalue weighted by molar-refractivity contribution is 7.92. The van der Waals surface area contributed by atoms with Crippen LogP contribution in [0.2, 0.25) is 0 Å². The number of aryl methyl sites for hydroxylation is 1. The van der Waals surface area contributed by atoms with Gasteiger partial charge in [-0.25, -0.2) is 18.2 Å². The number of aromatic nitrogens is 3. The molecule has 3 heterocycles. The smallest absolute Gasteiger partial charge is 0.341 e. The van der Waals surface area contributed by atoms with Crippen molar-refractivity contribution in [1.29, 1.82) is 0 Å². The lowest BCUT2D eigenvalue weighted by atomic mass is 10.1. The third-order valence-corrected chi connectivity index (χ3v) is 7.37. The number of sulfonamides is 1. The Hall–Kier alpha value is -4.25. The van der Waals surface area contributed by atoms with E-state index in [0.717, 1.165) is 17.5 Å². The van der Waals surface area contributed by atoms with E-state index in [4.69, 9.17) is 0 Å². The Morgan fingerprint density at radius 1 is 1.17 bits per heavy atom. The van der Waals surface area contributed by atoms with Crippen molar-refractivity contribution < 1.29 is 18.3 Å². The maximum absolute atomic E-state index is 12.8. The fourth-order valence-corrected chi connectivity index (χ4v) is 5.29. The maximum atomic E-state index is 12.8. The number of carboxylic acids is 1. The number of fused-ring (bicyclic) bond motifs is 2. The summed E-state index contributed by atoms with van der Waals surface area (Å²) in [7, 11) is -3.35. The molecule has 4 aromatic rings. The van der Waals surface area contributed by atoms with Gasteiger partial charge in [-0.1, -0.05) is 19.1 Å². The first-order valence-corrected chi connectivity index (χ1v) is 13.1. The van der Waals surface area contributed by atoms with Crippen molar-refractivity contribution in [3.63, 3.8) is 0 Å². The van der Waals surface area contributed by atoms with E-state index in [1.807, 2.05) is 37.3 Å². The van der Waals surface area contributed by atoms with Gasteiger partial charge in [0.05, 0.1) is 17.3 Å². The lowest BCUT2D eigenvalue weighted by molar-refractivity contribution is 0.0695. The average Bonchev–Trinajstić information content (AvgIpc) is 3.28. The van der Waals surface area contributed by atoms with Crippen molar-refractivity contribution in [2.75, 3.05) is 22.4 Å². The fraction of sp³-hybridized carbons (Fsp3) is 0.200. The Labute approximate surface area is 206 Å². The molecular formula is C25H23N5O5S. The van der Waals surface area contributed by atoms with E-state index in [1.165, 1.54) is 23.0 Å². The number of anilines is 3. The number of pyridine rings is 1. The van der Waals surface area contributed by atoms with E-state index in [1.54, 1.807) is 16.7 Å². The second kappa shape index (κ2) is 8.76. The Bertz CT molecular complexity index is 1680. The van der Waals surface area contributed by atoms with E-state index < -0.39 is 21.4 Å². The normalized spacial score (nSPS) is 13.1. The molecule has 0 radical (unpaired) electrons. The van der Waals surface area contributed by atoms with E-state index in [-0.39, 0.29) is 22.5 Å². The minimum atomic E-state index is -3.35. The number of aromatic carboxylic acids is 1. The largest absolute Gasteiger partial charge is 0.477 e. The van der Waals surface area contributed by atoms with Crippen LogP contribution in [0.4, 0.5) is 17.3 Å². The number of rotatable bonds is 6. The van der Waals surface area contributed by atoms with Gasteiger partial charge in [0.1, 0.15) is 5.56 Å². The van der Waals surface area contributed by atoms with E-state index in [9.17, 15) is 23.1 Å². The molecule has 5 rings (SSSR count). The SMILES string of the molecule is CCc1ccc(-n2cc(C(=O)O)c(=O)c3cnc(Nc4ccc5c(c4)CCN5S(C)(=O)=O)nc32)cc1. The van der Waals surface area contributed by atoms with Gasteiger partial charge in [-0.05, 0) is 54.3 Å². The molecule has 0 unspecified atom stereocenters. The number of carboxylic acid groups (broad SMARTS) is 1. The molecule has 0 amide bonds. The molecule has 11 heteroatoms. The summed E-state index contributed by atoms with van der Waals surface area (Å²) in [6, 6.07) is 12.9. The Morgan fingerprint density at radius 3 is 2.58 bits per heavy atom. The van der Waals surface area contributed by atoms with Crippen LogP contribution < -0.4 is 15.1 Å². The molecule has 0 atom stereocenters. The van der Waals surface area contributed by atoms with Crippen molar-refractivity contribution in [2.45, 2.75) is 19.8 Å². The van der Waals surface area contributed by atoms with Gasteiger partial charge in [-0.15, -0.1) is 0 Å². The van der Waals surface area contributed by atoms with Gasteiger partial charge >= 0.3 is 5.97 Å². The van der Waals surface area contributed by atoms with Crippen LogP contribution in [0.1, 0.15) is 28.4 Å². The molecule has 2 aromatic heterocycles. The van der Waals surface area contributed by atoms with Crippen LogP contribution >= 0.6 is 0 Å². The number of hydrogen-bond donors (Lipinski definition) is 2. The van der Waals surface area contributed by atoms with Gasteiger partial charge in [0.2, 0.25) is 21.4 Å². The van der Waals surface area contributed by atoms with E-state index in [2.05, 4.69) is 15.3 Å². The Kier molecular flexibility index (Phi) is 5.71. The van der Waals surface area contributed by atoms with Crippen LogP contribution in [0.5, 0.6) is 0 Å². The quantitative estimate of drug-likeness (QED) is 0.408. The lowest BCUT2D eigenvalue weighted by Gasteiger charge is -2.16. The van der Waals surface area contributed by atoms with E-state index in [0.29, 0.717) is 30.0 Å². The summed E-state index contributed by atoms with van der Waals surface area (Å²) in [6.07, 6.45) is 5.21. The molecule has 2 N–H and O–H groups in total. The highest BCUT2D eigenvalue weighted by atomic mass is 32.2. The molecule has 1 aliphatic heterocycles. The van der Waals surface area contributed by atoms with Crippen molar-refractivity contribution in [3.8, 4) is 5.69 Å². The van der Waals surface area contributed by atoms with Gasteiger partial charge < -0.3 is 15.0 Å². The monoisotopic (exact) mass is 505 g/mol. The summed E-state index contributed by atoms with van der Waals surface area (Å²) < 4.78 is 26.9. The van der Waals surface area contributed by atoms with Crippen LogP contribution in [-0.4, -0.2) is 46.8 Å². The summed E-state index contributed by atoms with van der Waals surface area (Å²) in [6.45, 7) is 2.42. The zero-order chi connectivity index (χ0) is 25.6. The minimum Gasteiger partial charge on any atom is -0.477 e. The molecule has 0 bridgehead atoms. The molecule has 0 saturated heterocycles. The molecule has 1 aliphatic rings. The Balaban J connectivity index is 1.58. The van der Waals surface area contributed by atoms with Gasteiger partial charge in [0, 0.05) is 30.3 Å². The predicted molar refractivity (Wildman–Crippen MR) is 137 cm³/mol. The highest BCUT2D eigenvalue weighted by Crippen LogP contribution is 2.32. The second-order valence-electron chi connectivity index (χ2n) is 8.55. The average molecular weight is 506 g/mol. The summed E-state index contributed by atoms with van der Waals surface area (Å²) in [4.78, 5) is 33.3. The van der Waals surface area contributed by atoms with Gasteiger partial charge in [-0.2, -0.15) is 4.98 Å². The molecule has 0 aliphatic carbocycles. The minimum absolute atomic E-state index is 0.0813. The van der Waals surface area contributed by atoms with E-state index >= 15 is 0 Å². The van der Waals surface area contributed by atoms with Crippen molar-refractivity contribution >= 4 is 44.3 Å². The third kappa shape index (κ3) is 4.17. The number of nitrogens with zero attached hydrogens (tertiary/aromatic N) is 4. The van der Waals surface area contributed by atoms with Gasteiger partial charge in [0.25, 0.3) is 0 Å². The molecule has 36 heavy (non-hydrogen) atoms. The summed E-state index contributed by atoms with van der Waals surface area (Å²) >= 11 is 0. The van der Waals surface area contributed by atoms with Crippen molar-refractivity contribution in [1.82, 2.24) is 14.5 Å².